The molecule has 0 spiro atoms. The number of hydrogen-bond donors (Lipinski definition) is 1. The maximum atomic E-state index is 6.14. The van der Waals surface area contributed by atoms with Gasteiger partial charge < -0.3 is 9.73 Å². The number of rotatable bonds is 3. The second kappa shape index (κ2) is 4.94. The number of furan rings is 1. The fraction of sp³-hybridized carbons (Fsp3) is 0.133. The van der Waals surface area contributed by atoms with Crippen molar-refractivity contribution >= 4 is 28.3 Å². The monoisotopic (exact) mass is 272 g/mol. The van der Waals surface area contributed by atoms with Crippen LogP contribution in [0.2, 0.25) is 5.22 Å². The predicted molar refractivity (Wildman–Crippen MR) is 77.5 cm³/mol. The summed E-state index contributed by atoms with van der Waals surface area (Å²) in [7, 11) is 0. The van der Waals surface area contributed by atoms with Gasteiger partial charge in [0.15, 0.2) is 5.22 Å². The van der Waals surface area contributed by atoms with E-state index < -0.39 is 0 Å². The Kier molecular flexibility index (Phi) is 3.13. The Morgan fingerprint density at radius 3 is 2.84 bits per heavy atom. The second-order valence-electron chi connectivity index (χ2n) is 4.39. The van der Waals surface area contributed by atoms with Crippen LogP contribution in [0.25, 0.3) is 11.0 Å². The number of aromatic nitrogens is 1. The molecule has 2 aromatic heterocycles. The van der Waals surface area contributed by atoms with Crippen LogP contribution in [0.15, 0.2) is 47.0 Å². The first-order valence-electron chi connectivity index (χ1n) is 6.06. The SMILES string of the molecule is Cc1ccc(NCc2c(Cl)oc3ccccc23)cn1. The molecule has 1 N–H and O–H groups in total. The van der Waals surface area contributed by atoms with Gasteiger partial charge in [0.2, 0.25) is 0 Å². The molecule has 0 unspecified atom stereocenters. The molecule has 0 aliphatic heterocycles. The van der Waals surface area contributed by atoms with Crippen LogP contribution >= 0.6 is 11.6 Å². The molecule has 0 aliphatic carbocycles. The highest BCUT2D eigenvalue weighted by Gasteiger charge is 2.11. The standard InChI is InChI=1S/C15H13ClN2O/c1-10-6-7-11(8-17-10)18-9-13-12-4-2-3-5-14(12)19-15(13)16/h2-8,18H,9H2,1H3. The van der Waals surface area contributed by atoms with Crippen LogP contribution in [0, 0.1) is 6.92 Å². The van der Waals surface area contributed by atoms with Crippen molar-refractivity contribution in [2.75, 3.05) is 5.32 Å². The summed E-state index contributed by atoms with van der Waals surface area (Å²) in [6.07, 6.45) is 1.81. The Bertz CT molecular complexity index is 704. The molecule has 0 fully saturated rings. The van der Waals surface area contributed by atoms with Crippen molar-refractivity contribution in [1.82, 2.24) is 4.98 Å². The molecule has 3 nitrogen and oxygen atoms in total. The minimum atomic E-state index is 0.439. The van der Waals surface area contributed by atoms with E-state index in [9.17, 15) is 0 Å². The number of hydrogen-bond acceptors (Lipinski definition) is 3. The lowest BCUT2D eigenvalue weighted by Crippen LogP contribution is -1.99. The molecule has 2 heterocycles. The third-order valence-corrected chi connectivity index (χ3v) is 3.33. The molecule has 19 heavy (non-hydrogen) atoms. The van der Waals surface area contributed by atoms with Gasteiger partial charge in [0.05, 0.1) is 11.9 Å². The van der Waals surface area contributed by atoms with Gasteiger partial charge in [-0.05, 0) is 36.7 Å². The van der Waals surface area contributed by atoms with Gasteiger partial charge in [0, 0.05) is 23.2 Å². The van der Waals surface area contributed by atoms with Crippen LogP contribution in [-0.4, -0.2) is 4.98 Å². The third-order valence-electron chi connectivity index (χ3n) is 3.03. The molecular formula is C15H13ClN2O. The van der Waals surface area contributed by atoms with Crippen molar-refractivity contribution in [3.63, 3.8) is 0 Å². The molecule has 1 aromatic carbocycles. The molecule has 0 aliphatic rings. The van der Waals surface area contributed by atoms with E-state index >= 15 is 0 Å². The van der Waals surface area contributed by atoms with E-state index in [0.717, 1.165) is 27.9 Å². The predicted octanol–water partition coefficient (Wildman–Crippen LogP) is 4.40. The van der Waals surface area contributed by atoms with Crippen LogP contribution in [0.5, 0.6) is 0 Å². The topological polar surface area (TPSA) is 38.1 Å². The molecule has 0 saturated heterocycles. The van der Waals surface area contributed by atoms with Crippen molar-refractivity contribution < 1.29 is 4.42 Å². The zero-order valence-corrected chi connectivity index (χ0v) is 11.2. The van der Waals surface area contributed by atoms with Crippen molar-refractivity contribution in [3.05, 3.63) is 59.1 Å². The van der Waals surface area contributed by atoms with Crippen LogP contribution in [0.4, 0.5) is 5.69 Å². The molecule has 0 saturated carbocycles. The molecule has 0 atom stereocenters. The van der Waals surface area contributed by atoms with Crippen LogP contribution in [0.1, 0.15) is 11.3 Å². The van der Waals surface area contributed by atoms with Gasteiger partial charge in [-0.25, -0.2) is 0 Å². The molecular weight excluding hydrogens is 260 g/mol. The number of anilines is 1. The minimum absolute atomic E-state index is 0.439. The van der Waals surface area contributed by atoms with E-state index in [-0.39, 0.29) is 0 Å². The van der Waals surface area contributed by atoms with E-state index in [1.807, 2.05) is 49.5 Å². The summed E-state index contributed by atoms with van der Waals surface area (Å²) >= 11 is 6.14. The molecule has 0 amide bonds. The van der Waals surface area contributed by atoms with Gasteiger partial charge in [0.1, 0.15) is 5.58 Å². The Balaban J connectivity index is 1.85. The van der Waals surface area contributed by atoms with E-state index in [0.29, 0.717) is 11.8 Å². The van der Waals surface area contributed by atoms with Gasteiger partial charge >= 0.3 is 0 Å². The van der Waals surface area contributed by atoms with Crippen molar-refractivity contribution in [2.45, 2.75) is 13.5 Å². The van der Waals surface area contributed by atoms with Crippen LogP contribution < -0.4 is 5.32 Å². The summed E-state index contributed by atoms with van der Waals surface area (Å²) in [5.74, 6) is 0. The Morgan fingerprint density at radius 2 is 2.05 bits per heavy atom. The smallest absolute Gasteiger partial charge is 0.199 e. The summed E-state index contributed by atoms with van der Waals surface area (Å²) < 4.78 is 5.52. The third kappa shape index (κ3) is 2.42. The number of halogens is 1. The fourth-order valence-corrected chi connectivity index (χ4v) is 2.25. The Morgan fingerprint density at radius 1 is 1.21 bits per heavy atom. The highest BCUT2D eigenvalue weighted by Crippen LogP contribution is 2.30. The number of para-hydroxylation sites is 1. The van der Waals surface area contributed by atoms with Crippen molar-refractivity contribution in [1.29, 1.82) is 0 Å². The van der Waals surface area contributed by atoms with Gasteiger partial charge in [-0.3, -0.25) is 4.98 Å². The van der Waals surface area contributed by atoms with Crippen LogP contribution in [0.3, 0.4) is 0 Å². The lowest BCUT2D eigenvalue weighted by Gasteiger charge is -2.05. The van der Waals surface area contributed by atoms with Gasteiger partial charge in [-0.15, -0.1) is 0 Å². The number of benzene rings is 1. The number of fused-ring (bicyclic) bond motifs is 1. The highest BCUT2D eigenvalue weighted by molar-refractivity contribution is 6.30. The lowest BCUT2D eigenvalue weighted by molar-refractivity contribution is 0.613. The average molecular weight is 273 g/mol. The number of nitrogens with zero attached hydrogens (tertiary/aromatic N) is 1. The molecule has 96 valence electrons. The first-order chi connectivity index (χ1) is 9.24. The second-order valence-corrected chi connectivity index (χ2v) is 4.74. The van der Waals surface area contributed by atoms with Crippen molar-refractivity contribution in [2.24, 2.45) is 0 Å². The number of pyridine rings is 1. The minimum Gasteiger partial charge on any atom is -0.444 e. The van der Waals surface area contributed by atoms with E-state index in [1.54, 1.807) is 0 Å². The summed E-state index contributed by atoms with van der Waals surface area (Å²) in [5.41, 5.74) is 3.74. The molecule has 4 heteroatoms. The molecule has 3 aromatic rings. The van der Waals surface area contributed by atoms with E-state index in [4.69, 9.17) is 16.0 Å². The van der Waals surface area contributed by atoms with E-state index in [1.165, 1.54) is 0 Å². The van der Waals surface area contributed by atoms with Gasteiger partial charge in [0.25, 0.3) is 0 Å². The summed E-state index contributed by atoms with van der Waals surface area (Å²) in [6.45, 7) is 2.57. The normalized spacial score (nSPS) is 10.8. The highest BCUT2D eigenvalue weighted by atomic mass is 35.5. The lowest BCUT2D eigenvalue weighted by atomic mass is 10.2. The average Bonchev–Trinajstić information content (AvgIpc) is 2.74. The van der Waals surface area contributed by atoms with E-state index in [2.05, 4.69) is 10.3 Å². The Labute approximate surface area is 116 Å². The maximum Gasteiger partial charge on any atom is 0.199 e. The first-order valence-corrected chi connectivity index (χ1v) is 6.44. The summed E-state index contributed by atoms with van der Waals surface area (Å²) in [6, 6.07) is 11.8. The molecule has 0 bridgehead atoms. The zero-order chi connectivity index (χ0) is 13.2. The zero-order valence-electron chi connectivity index (χ0n) is 10.5. The van der Waals surface area contributed by atoms with Crippen LogP contribution in [-0.2, 0) is 6.54 Å². The maximum absolute atomic E-state index is 6.14. The summed E-state index contributed by atoms with van der Waals surface area (Å²) in [4.78, 5) is 4.24. The molecule has 0 radical (unpaired) electrons. The first kappa shape index (κ1) is 12.1. The Hall–Kier alpha value is -2.00. The number of nitrogens with one attached hydrogen (secondary N) is 1. The number of aryl methyl sites for hydroxylation is 1. The van der Waals surface area contributed by atoms with Gasteiger partial charge in [-0.1, -0.05) is 18.2 Å². The quantitative estimate of drug-likeness (QED) is 0.768. The summed E-state index contributed by atoms with van der Waals surface area (Å²) in [5, 5.41) is 4.78. The van der Waals surface area contributed by atoms with Gasteiger partial charge in [-0.2, -0.15) is 0 Å². The fourth-order valence-electron chi connectivity index (χ4n) is 2.00. The van der Waals surface area contributed by atoms with Crippen molar-refractivity contribution in [3.8, 4) is 0 Å². The largest absolute Gasteiger partial charge is 0.444 e. The molecule has 3 rings (SSSR count).